The van der Waals surface area contributed by atoms with Gasteiger partial charge in [-0.25, -0.2) is 17.6 Å². The molecule has 0 aliphatic carbocycles. The van der Waals surface area contributed by atoms with E-state index in [1.54, 1.807) is 0 Å². The van der Waals surface area contributed by atoms with Crippen molar-refractivity contribution >= 4 is 74.3 Å². The predicted octanol–water partition coefficient (Wildman–Crippen LogP) is 2.53. The van der Waals surface area contributed by atoms with Crippen LogP contribution < -0.4 is 10.6 Å². The van der Waals surface area contributed by atoms with Gasteiger partial charge in [0.1, 0.15) is 27.4 Å². The van der Waals surface area contributed by atoms with E-state index in [0.29, 0.717) is 0 Å². The third-order valence-corrected chi connectivity index (χ3v) is 9.36. The molecule has 0 fully saturated rings. The fourth-order valence-corrected chi connectivity index (χ4v) is 6.10. The molecule has 5 N–H and O–H groups in total. The molecule has 18 nitrogen and oxygen atoms in total. The number of aromatic nitrogens is 1. The molecule has 22 heteroatoms. The largest absolute Gasteiger partial charge is 0.397 e. The highest BCUT2D eigenvalue weighted by Gasteiger charge is 2.22. The normalized spacial score (nSPS) is 12.7. The lowest BCUT2D eigenvalue weighted by atomic mass is 10.1. The fourth-order valence-electron chi connectivity index (χ4n) is 3.83. The molecule has 0 saturated heterocycles. The maximum Gasteiger partial charge on any atom is 0.397 e. The van der Waals surface area contributed by atoms with E-state index in [9.17, 15) is 48.0 Å². The van der Waals surface area contributed by atoms with Gasteiger partial charge in [0.15, 0.2) is 15.7 Å². The van der Waals surface area contributed by atoms with E-state index in [-0.39, 0.29) is 58.0 Å². The van der Waals surface area contributed by atoms with Gasteiger partial charge < -0.3 is 10.6 Å². The van der Waals surface area contributed by atoms with Crippen LogP contribution in [-0.4, -0.2) is 77.8 Å². The van der Waals surface area contributed by atoms with E-state index in [2.05, 4.69) is 36.6 Å². The molecule has 0 bridgehead atoms. The quantitative estimate of drug-likeness (QED) is 0.0915. The number of nitrogens with one attached hydrogen (secondary N) is 2. The van der Waals surface area contributed by atoms with E-state index in [0.717, 1.165) is 29.7 Å². The first-order valence-electron chi connectivity index (χ1n) is 12.1. The number of nitrogens with zero attached hydrogens (tertiary/aromatic N) is 4. The van der Waals surface area contributed by atoms with Crippen molar-refractivity contribution in [2.24, 2.45) is 10.2 Å². The molecular weight excluding hydrogens is 681 g/mol. The first-order valence-corrected chi connectivity index (χ1v) is 18.1. The minimum atomic E-state index is -4.96. The van der Waals surface area contributed by atoms with Crippen molar-refractivity contribution in [1.82, 2.24) is 4.98 Å². The second-order valence-electron chi connectivity index (χ2n) is 8.85. The summed E-state index contributed by atoms with van der Waals surface area (Å²) in [7, 11) is -18.3. The number of rotatable bonds is 14. The fraction of sp³-hybridized carbons (Fsp3) is 0.217. The molecule has 242 valence electrons. The Morgan fingerprint density at radius 1 is 0.933 bits per heavy atom. The molecule has 0 atom stereocenters. The SMILES string of the molecule is C=CS(=O)(=O)CCNc1nc(NCCOS(=O)(=O)O)c(C#N)c(C)c1/N=N/c1cc(S(=O)(=O)O)c2cccc(S(=O)(=O)O)c2c1. The van der Waals surface area contributed by atoms with Crippen molar-refractivity contribution < 1.29 is 51.5 Å². The van der Waals surface area contributed by atoms with Crippen LogP contribution in [0.1, 0.15) is 11.1 Å². The standard InChI is InChI=1S/C23H24N6O12S4/c1-3-42(30,31)10-8-26-23-21(14(2)18(13-24)22(27-23)25-7-9-41-45(38,39)40)29-28-15-11-17-16(20(12-15)44(35,36)37)5-4-6-19(17)43(32,33)34/h3-6,11-12H,1,7-10H2,2H3,(H2,25,26,27)(H,32,33,34)(H,35,36,37)(H,38,39,40)/b29-28+. The van der Waals surface area contributed by atoms with Crippen LogP contribution in [0.2, 0.25) is 0 Å². The third kappa shape index (κ3) is 9.22. The Morgan fingerprint density at radius 3 is 2.16 bits per heavy atom. The number of hydrogen-bond donors (Lipinski definition) is 5. The van der Waals surface area contributed by atoms with Crippen molar-refractivity contribution in [3.8, 4) is 6.07 Å². The molecule has 0 aliphatic rings. The van der Waals surface area contributed by atoms with Gasteiger partial charge in [0.25, 0.3) is 20.2 Å². The zero-order chi connectivity index (χ0) is 33.8. The average Bonchev–Trinajstić information content (AvgIpc) is 2.92. The first-order chi connectivity index (χ1) is 20.8. The maximum atomic E-state index is 12.1. The molecular formula is C23H24N6O12S4. The van der Waals surface area contributed by atoms with Crippen molar-refractivity contribution in [3.05, 3.63) is 53.4 Å². The topological polar surface area (TPSA) is 292 Å². The zero-order valence-electron chi connectivity index (χ0n) is 22.9. The molecule has 2 aromatic carbocycles. The summed E-state index contributed by atoms with van der Waals surface area (Å²) >= 11 is 0. The van der Waals surface area contributed by atoms with Crippen molar-refractivity contribution in [2.75, 3.05) is 36.1 Å². The second kappa shape index (κ2) is 13.5. The van der Waals surface area contributed by atoms with Gasteiger partial charge in [-0.3, -0.25) is 13.7 Å². The predicted molar refractivity (Wildman–Crippen MR) is 160 cm³/mol. The van der Waals surface area contributed by atoms with Crippen LogP contribution in [0, 0.1) is 18.3 Å². The lowest BCUT2D eigenvalue weighted by Crippen LogP contribution is -2.17. The van der Waals surface area contributed by atoms with E-state index < -0.39 is 62.6 Å². The Morgan fingerprint density at radius 2 is 1.58 bits per heavy atom. The molecule has 1 aromatic heterocycles. The number of pyridine rings is 1. The summed E-state index contributed by atoms with van der Waals surface area (Å²) in [6, 6.07) is 7.14. The van der Waals surface area contributed by atoms with Crippen molar-refractivity contribution in [2.45, 2.75) is 16.7 Å². The van der Waals surface area contributed by atoms with Gasteiger partial charge >= 0.3 is 10.4 Å². The van der Waals surface area contributed by atoms with E-state index >= 15 is 0 Å². The smallest absolute Gasteiger partial charge is 0.367 e. The molecule has 0 aliphatic heterocycles. The highest BCUT2D eigenvalue weighted by molar-refractivity contribution is 7.94. The number of nitriles is 1. The summed E-state index contributed by atoms with van der Waals surface area (Å²) in [6.45, 7) is 3.55. The maximum absolute atomic E-state index is 12.1. The van der Waals surface area contributed by atoms with Crippen LogP contribution >= 0.6 is 0 Å². The summed E-state index contributed by atoms with van der Waals surface area (Å²) in [5.74, 6) is -0.721. The zero-order valence-corrected chi connectivity index (χ0v) is 26.2. The van der Waals surface area contributed by atoms with Crippen LogP contribution in [0.5, 0.6) is 0 Å². The Labute approximate surface area is 257 Å². The number of benzene rings is 2. The number of azo groups is 1. The molecule has 3 rings (SSSR count). The van der Waals surface area contributed by atoms with Crippen LogP contribution in [-0.2, 0) is 44.7 Å². The molecule has 0 saturated carbocycles. The first kappa shape index (κ1) is 35.4. The Hall–Kier alpha value is -4.08. The van der Waals surface area contributed by atoms with Crippen LogP contribution in [0.4, 0.5) is 23.0 Å². The van der Waals surface area contributed by atoms with Gasteiger partial charge in [0.05, 0.1) is 23.6 Å². The molecule has 0 radical (unpaired) electrons. The summed E-state index contributed by atoms with van der Waals surface area (Å²) in [6.07, 6.45) is 0. The van der Waals surface area contributed by atoms with Gasteiger partial charge in [-0.1, -0.05) is 18.7 Å². The summed E-state index contributed by atoms with van der Waals surface area (Å²) < 4.78 is 126. The number of fused-ring (bicyclic) bond motifs is 1. The van der Waals surface area contributed by atoms with Crippen molar-refractivity contribution in [3.63, 3.8) is 0 Å². The molecule has 1 heterocycles. The average molecular weight is 705 g/mol. The highest BCUT2D eigenvalue weighted by Crippen LogP contribution is 2.37. The lowest BCUT2D eigenvalue weighted by Gasteiger charge is -2.15. The molecule has 3 aromatic rings. The summed E-state index contributed by atoms with van der Waals surface area (Å²) in [4.78, 5) is 2.77. The molecule has 0 amide bonds. The third-order valence-electron chi connectivity index (χ3n) is 5.81. The number of hydrogen-bond acceptors (Lipinski definition) is 15. The summed E-state index contributed by atoms with van der Waals surface area (Å²) in [5, 5.41) is 23.3. The van der Waals surface area contributed by atoms with E-state index in [4.69, 9.17) is 4.55 Å². The number of anilines is 2. The van der Waals surface area contributed by atoms with Gasteiger partial charge in [-0.15, -0.1) is 5.11 Å². The van der Waals surface area contributed by atoms with Gasteiger partial charge in [-0.05, 0) is 25.1 Å². The van der Waals surface area contributed by atoms with Gasteiger partial charge in [-0.2, -0.15) is 35.6 Å². The van der Waals surface area contributed by atoms with Gasteiger partial charge in [0.2, 0.25) is 0 Å². The molecule has 0 spiro atoms. The molecule has 45 heavy (non-hydrogen) atoms. The monoisotopic (exact) mass is 704 g/mol. The molecule has 0 unspecified atom stereocenters. The lowest BCUT2D eigenvalue weighted by molar-refractivity contribution is 0.278. The Balaban J connectivity index is 2.19. The Kier molecular flexibility index (Phi) is 10.6. The highest BCUT2D eigenvalue weighted by atomic mass is 32.3. The van der Waals surface area contributed by atoms with Crippen LogP contribution in [0.15, 0.2) is 62.3 Å². The summed E-state index contributed by atoms with van der Waals surface area (Å²) in [5.41, 5.74) is -0.517. The van der Waals surface area contributed by atoms with E-state index in [1.165, 1.54) is 13.0 Å². The minimum Gasteiger partial charge on any atom is -0.367 e. The van der Waals surface area contributed by atoms with Gasteiger partial charge in [0, 0.05) is 34.8 Å². The second-order valence-corrected chi connectivity index (χ2v) is 14.8. The van der Waals surface area contributed by atoms with Crippen LogP contribution in [0.25, 0.3) is 10.8 Å². The van der Waals surface area contributed by atoms with Crippen molar-refractivity contribution in [1.29, 1.82) is 5.26 Å². The Bertz CT molecular complexity index is 2180. The number of sulfone groups is 1. The minimum absolute atomic E-state index is 0.0953. The van der Waals surface area contributed by atoms with Crippen LogP contribution in [0.3, 0.4) is 0 Å². The van der Waals surface area contributed by atoms with E-state index in [1.807, 2.05) is 6.07 Å².